The zero-order chi connectivity index (χ0) is 13.8. The lowest BCUT2D eigenvalue weighted by molar-refractivity contribution is 0.0944. The molecule has 1 amide bonds. The SMILES string of the molecule is O=C(NCc1ccc(O)cc1)c1c(O)cccc1F. The Labute approximate surface area is 109 Å². The zero-order valence-corrected chi connectivity index (χ0v) is 9.93. The van der Waals surface area contributed by atoms with Gasteiger partial charge in [-0.1, -0.05) is 18.2 Å². The van der Waals surface area contributed by atoms with Crippen molar-refractivity contribution in [1.82, 2.24) is 5.32 Å². The van der Waals surface area contributed by atoms with Gasteiger partial charge in [-0.15, -0.1) is 0 Å². The van der Waals surface area contributed by atoms with Crippen molar-refractivity contribution in [3.63, 3.8) is 0 Å². The third-order valence-corrected chi connectivity index (χ3v) is 2.61. The standard InChI is InChI=1S/C14H12FNO3/c15-11-2-1-3-12(18)13(11)14(19)16-8-9-4-6-10(17)7-5-9/h1-7,17-18H,8H2,(H,16,19). The highest BCUT2D eigenvalue weighted by molar-refractivity contribution is 5.97. The summed E-state index contributed by atoms with van der Waals surface area (Å²) in [4.78, 5) is 11.8. The zero-order valence-electron chi connectivity index (χ0n) is 9.93. The Balaban J connectivity index is 2.07. The summed E-state index contributed by atoms with van der Waals surface area (Å²) in [7, 11) is 0. The van der Waals surface area contributed by atoms with Crippen LogP contribution in [0, 0.1) is 5.82 Å². The minimum absolute atomic E-state index is 0.127. The monoisotopic (exact) mass is 261 g/mol. The van der Waals surface area contributed by atoms with Crippen LogP contribution in [0.25, 0.3) is 0 Å². The first-order valence-corrected chi connectivity index (χ1v) is 5.61. The minimum atomic E-state index is -0.775. The molecule has 0 saturated carbocycles. The number of rotatable bonds is 3. The number of hydrogen-bond donors (Lipinski definition) is 3. The Bertz CT molecular complexity index is 576. The summed E-state index contributed by atoms with van der Waals surface area (Å²) in [5, 5.41) is 21.1. The molecule has 0 atom stereocenters. The molecule has 0 spiro atoms. The van der Waals surface area contributed by atoms with Gasteiger partial charge in [0.05, 0.1) is 0 Å². The minimum Gasteiger partial charge on any atom is -0.508 e. The summed E-state index contributed by atoms with van der Waals surface area (Å²) >= 11 is 0. The van der Waals surface area contributed by atoms with Gasteiger partial charge in [-0.2, -0.15) is 0 Å². The molecule has 5 heteroatoms. The van der Waals surface area contributed by atoms with E-state index in [2.05, 4.69) is 5.32 Å². The Hall–Kier alpha value is -2.56. The van der Waals surface area contributed by atoms with Crippen LogP contribution in [0.15, 0.2) is 42.5 Å². The van der Waals surface area contributed by atoms with E-state index in [0.29, 0.717) is 0 Å². The maximum absolute atomic E-state index is 13.4. The normalized spacial score (nSPS) is 10.2. The Morgan fingerprint density at radius 3 is 2.42 bits per heavy atom. The molecular formula is C14H12FNO3. The number of hydrogen-bond acceptors (Lipinski definition) is 3. The van der Waals surface area contributed by atoms with Crippen molar-refractivity contribution in [2.45, 2.75) is 6.54 Å². The maximum atomic E-state index is 13.4. The van der Waals surface area contributed by atoms with Gasteiger partial charge in [0.15, 0.2) is 0 Å². The lowest BCUT2D eigenvalue weighted by atomic mass is 10.1. The fraction of sp³-hybridized carbons (Fsp3) is 0.0714. The summed E-state index contributed by atoms with van der Waals surface area (Å²) in [5.74, 6) is -1.74. The highest BCUT2D eigenvalue weighted by atomic mass is 19.1. The molecule has 0 fully saturated rings. The van der Waals surface area contributed by atoms with Crippen molar-refractivity contribution in [1.29, 1.82) is 0 Å². The molecule has 98 valence electrons. The largest absolute Gasteiger partial charge is 0.508 e. The van der Waals surface area contributed by atoms with Gasteiger partial charge in [0.25, 0.3) is 5.91 Å². The number of benzene rings is 2. The van der Waals surface area contributed by atoms with Crippen molar-refractivity contribution in [2.24, 2.45) is 0 Å². The average Bonchev–Trinajstić information content (AvgIpc) is 2.38. The van der Waals surface area contributed by atoms with Gasteiger partial charge < -0.3 is 15.5 Å². The van der Waals surface area contributed by atoms with Crippen molar-refractivity contribution >= 4 is 5.91 Å². The van der Waals surface area contributed by atoms with E-state index < -0.39 is 17.5 Å². The first-order chi connectivity index (χ1) is 9.08. The first-order valence-electron chi connectivity index (χ1n) is 5.61. The number of aromatic hydroxyl groups is 2. The fourth-order valence-electron chi connectivity index (χ4n) is 1.62. The Kier molecular flexibility index (Phi) is 3.66. The van der Waals surface area contributed by atoms with E-state index in [4.69, 9.17) is 5.11 Å². The molecule has 19 heavy (non-hydrogen) atoms. The van der Waals surface area contributed by atoms with Crippen LogP contribution in [-0.2, 0) is 6.54 Å². The van der Waals surface area contributed by atoms with Crippen LogP contribution in [0.4, 0.5) is 4.39 Å². The maximum Gasteiger partial charge on any atom is 0.258 e. The Morgan fingerprint density at radius 2 is 1.79 bits per heavy atom. The highest BCUT2D eigenvalue weighted by Gasteiger charge is 2.15. The van der Waals surface area contributed by atoms with Gasteiger partial charge in [0.1, 0.15) is 22.9 Å². The summed E-state index contributed by atoms with van der Waals surface area (Å²) in [6, 6.07) is 9.92. The topological polar surface area (TPSA) is 69.6 Å². The molecule has 0 aliphatic rings. The molecule has 0 bridgehead atoms. The van der Waals surface area contributed by atoms with Crippen molar-refractivity contribution in [3.05, 3.63) is 59.4 Å². The molecule has 0 radical (unpaired) electrons. The average molecular weight is 261 g/mol. The highest BCUT2D eigenvalue weighted by Crippen LogP contribution is 2.19. The van der Waals surface area contributed by atoms with Gasteiger partial charge >= 0.3 is 0 Å². The number of carbonyl (C=O) groups is 1. The number of amides is 1. The summed E-state index contributed by atoms with van der Waals surface area (Å²) < 4.78 is 13.4. The van der Waals surface area contributed by atoms with Gasteiger partial charge in [-0.25, -0.2) is 4.39 Å². The number of phenols is 2. The smallest absolute Gasteiger partial charge is 0.258 e. The quantitative estimate of drug-likeness (QED) is 0.793. The third kappa shape index (κ3) is 3.01. The lowest BCUT2D eigenvalue weighted by Crippen LogP contribution is -2.23. The van der Waals surface area contributed by atoms with Crippen LogP contribution in [0.1, 0.15) is 15.9 Å². The van der Waals surface area contributed by atoms with Gasteiger partial charge in [-0.3, -0.25) is 4.79 Å². The molecule has 0 aliphatic heterocycles. The van der Waals surface area contributed by atoms with Crippen LogP contribution in [0.3, 0.4) is 0 Å². The van der Waals surface area contributed by atoms with E-state index in [1.54, 1.807) is 12.1 Å². The van der Waals surface area contributed by atoms with Crippen LogP contribution >= 0.6 is 0 Å². The predicted octanol–water partition coefficient (Wildman–Crippen LogP) is 2.17. The van der Waals surface area contributed by atoms with E-state index in [0.717, 1.165) is 11.6 Å². The summed E-state index contributed by atoms with van der Waals surface area (Å²) in [6.07, 6.45) is 0. The molecule has 0 unspecified atom stereocenters. The molecule has 0 saturated heterocycles. The van der Waals surface area contributed by atoms with E-state index in [1.165, 1.54) is 24.3 Å². The number of phenolic OH excluding ortho intramolecular Hbond substituents is 2. The fourth-order valence-corrected chi connectivity index (χ4v) is 1.62. The van der Waals surface area contributed by atoms with E-state index in [1.807, 2.05) is 0 Å². The molecular weight excluding hydrogens is 249 g/mol. The number of halogens is 1. The van der Waals surface area contributed by atoms with Gasteiger partial charge in [0, 0.05) is 6.54 Å². The molecule has 0 aromatic heterocycles. The second kappa shape index (κ2) is 5.39. The number of nitrogens with one attached hydrogen (secondary N) is 1. The summed E-state index contributed by atoms with van der Waals surface area (Å²) in [5.41, 5.74) is 0.378. The number of carbonyl (C=O) groups excluding carboxylic acids is 1. The van der Waals surface area contributed by atoms with Gasteiger partial charge in [-0.05, 0) is 29.8 Å². The molecule has 2 aromatic rings. The van der Waals surface area contributed by atoms with E-state index in [-0.39, 0.29) is 17.9 Å². The molecule has 2 aromatic carbocycles. The van der Waals surface area contributed by atoms with Crippen molar-refractivity contribution < 1.29 is 19.4 Å². The molecule has 0 heterocycles. The first kappa shape index (κ1) is 12.9. The van der Waals surface area contributed by atoms with Crippen LogP contribution in [-0.4, -0.2) is 16.1 Å². The van der Waals surface area contributed by atoms with Crippen LogP contribution in [0.5, 0.6) is 11.5 Å². The van der Waals surface area contributed by atoms with Crippen molar-refractivity contribution in [3.8, 4) is 11.5 Å². The molecule has 0 aliphatic carbocycles. The second-order valence-corrected chi connectivity index (χ2v) is 3.98. The van der Waals surface area contributed by atoms with Crippen molar-refractivity contribution in [2.75, 3.05) is 0 Å². The molecule has 2 rings (SSSR count). The van der Waals surface area contributed by atoms with E-state index >= 15 is 0 Å². The Morgan fingerprint density at radius 1 is 1.11 bits per heavy atom. The van der Waals surface area contributed by atoms with Gasteiger partial charge in [0.2, 0.25) is 0 Å². The lowest BCUT2D eigenvalue weighted by Gasteiger charge is -2.07. The van der Waals surface area contributed by atoms with E-state index in [9.17, 15) is 14.3 Å². The molecule has 4 nitrogen and oxygen atoms in total. The third-order valence-electron chi connectivity index (χ3n) is 2.61. The van der Waals surface area contributed by atoms with Crippen LogP contribution < -0.4 is 5.32 Å². The van der Waals surface area contributed by atoms with Crippen LogP contribution in [0.2, 0.25) is 0 Å². The second-order valence-electron chi connectivity index (χ2n) is 3.98. The summed E-state index contributed by atoms with van der Waals surface area (Å²) in [6.45, 7) is 0.173. The molecule has 3 N–H and O–H groups in total. The predicted molar refractivity (Wildman–Crippen MR) is 67.3 cm³/mol.